The van der Waals surface area contributed by atoms with E-state index in [4.69, 9.17) is 9.47 Å². The molecule has 0 bridgehead atoms. The van der Waals surface area contributed by atoms with E-state index in [0.29, 0.717) is 0 Å². The third-order valence-corrected chi connectivity index (χ3v) is 3.06. The van der Waals surface area contributed by atoms with Crippen LogP contribution in [-0.2, 0) is 16.5 Å². The molecule has 0 aliphatic rings. The molecular weight excluding hydrogens is 226 g/mol. The summed E-state index contributed by atoms with van der Waals surface area (Å²) in [6.45, 7) is 0. The highest BCUT2D eigenvalue weighted by molar-refractivity contribution is 7.13. The highest BCUT2D eigenvalue weighted by atomic mass is 32.1. The number of nitrogens with zero attached hydrogens (tertiary/aromatic N) is 3. The van der Waals surface area contributed by atoms with Crippen LogP contribution in [0.1, 0.15) is 12.0 Å². The minimum Gasteiger partial charge on any atom is -0.350 e. The zero-order valence-electron chi connectivity index (χ0n) is 9.38. The van der Waals surface area contributed by atoms with Crippen LogP contribution in [0.4, 0.5) is 0 Å². The standard InChI is InChI=1S/C10H13N3O2S/c1-13-5-4-11-8(13)9-12-7(6-16-9)10(14-2)15-3/h4-6,10H,1-3H3. The molecule has 0 N–H and O–H groups in total. The van der Waals surface area contributed by atoms with Crippen LogP contribution in [0.5, 0.6) is 0 Å². The van der Waals surface area contributed by atoms with Crippen LogP contribution in [0.15, 0.2) is 17.8 Å². The number of aromatic nitrogens is 3. The van der Waals surface area contributed by atoms with Gasteiger partial charge in [-0.05, 0) is 0 Å². The van der Waals surface area contributed by atoms with Crippen molar-refractivity contribution in [1.82, 2.24) is 14.5 Å². The molecule has 0 saturated carbocycles. The number of rotatable bonds is 4. The number of hydrogen-bond donors (Lipinski definition) is 0. The molecule has 2 aromatic rings. The molecule has 0 radical (unpaired) electrons. The average molecular weight is 239 g/mol. The van der Waals surface area contributed by atoms with Gasteiger partial charge in [-0.2, -0.15) is 0 Å². The second-order valence-electron chi connectivity index (χ2n) is 3.24. The van der Waals surface area contributed by atoms with Gasteiger partial charge in [-0.3, -0.25) is 0 Å². The van der Waals surface area contributed by atoms with E-state index >= 15 is 0 Å². The fourth-order valence-corrected chi connectivity index (χ4v) is 2.26. The molecule has 5 nitrogen and oxygen atoms in total. The summed E-state index contributed by atoms with van der Waals surface area (Å²) in [6, 6.07) is 0. The van der Waals surface area contributed by atoms with E-state index in [0.717, 1.165) is 16.5 Å². The van der Waals surface area contributed by atoms with E-state index in [9.17, 15) is 0 Å². The summed E-state index contributed by atoms with van der Waals surface area (Å²) >= 11 is 1.53. The summed E-state index contributed by atoms with van der Waals surface area (Å²) in [4.78, 5) is 8.68. The lowest BCUT2D eigenvalue weighted by Crippen LogP contribution is -2.04. The van der Waals surface area contributed by atoms with Crippen LogP contribution >= 0.6 is 11.3 Å². The van der Waals surface area contributed by atoms with Crippen LogP contribution in [0.3, 0.4) is 0 Å². The first-order valence-electron chi connectivity index (χ1n) is 4.75. The molecule has 2 heterocycles. The smallest absolute Gasteiger partial charge is 0.201 e. The molecule has 0 aliphatic carbocycles. The highest BCUT2D eigenvalue weighted by Gasteiger charge is 2.15. The Kier molecular flexibility index (Phi) is 3.33. The predicted octanol–water partition coefficient (Wildman–Crippen LogP) is 1.83. The number of imidazole rings is 1. The largest absolute Gasteiger partial charge is 0.350 e. The van der Waals surface area contributed by atoms with Crippen LogP contribution in [-0.4, -0.2) is 28.8 Å². The van der Waals surface area contributed by atoms with Gasteiger partial charge >= 0.3 is 0 Å². The fraction of sp³-hybridized carbons (Fsp3) is 0.400. The first kappa shape index (κ1) is 11.3. The second-order valence-corrected chi connectivity index (χ2v) is 4.10. The van der Waals surface area contributed by atoms with Crippen molar-refractivity contribution in [3.63, 3.8) is 0 Å². The summed E-state index contributed by atoms with van der Waals surface area (Å²) in [6.07, 6.45) is 3.23. The molecule has 0 aliphatic heterocycles. The summed E-state index contributed by atoms with van der Waals surface area (Å²) in [5.74, 6) is 0.849. The molecule has 86 valence electrons. The van der Waals surface area contributed by atoms with Crippen molar-refractivity contribution < 1.29 is 9.47 Å². The van der Waals surface area contributed by atoms with Crippen molar-refractivity contribution in [2.24, 2.45) is 7.05 Å². The Bertz CT molecular complexity index is 462. The third-order valence-electron chi connectivity index (χ3n) is 2.20. The number of methoxy groups -OCH3 is 2. The van der Waals surface area contributed by atoms with Crippen LogP contribution in [0.25, 0.3) is 10.8 Å². The van der Waals surface area contributed by atoms with Gasteiger partial charge < -0.3 is 14.0 Å². The summed E-state index contributed by atoms with van der Waals surface area (Å²) < 4.78 is 12.2. The average Bonchev–Trinajstić information content (AvgIpc) is 2.89. The van der Waals surface area contributed by atoms with E-state index in [1.165, 1.54) is 11.3 Å². The molecule has 0 aromatic carbocycles. The maximum Gasteiger partial charge on any atom is 0.201 e. The van der Waals surface area contributed by atoms with E-state index in [-0.39, 0.29) is 0 Å². The van der Waals surface area contributed by atoms with Gasteiger partial charge in [-0.25, -0.2) is 9.97 Å². The lowest BCUT2D eigenvalue weighted by molar-refractivity contribution is -0.108. The molecule has 6 heteroatoms. The molecular formula is C10H13N3O2S. The van der Waals surface area contributed by atoms with Crippen molar-refractivity contribution in [2.45, 2.75) is 6.29 Å². The van der Waals surface area contributed by atoms with Gasteiger partial charge in [0.05, 0.1) is 0 Å². The van der Waals surface area contributed by atoms with E-state index in [1.54, 1.807) is 20.4 Å². The SMILES string of the molecule is COC(OC)c1csc(-c2nccn2C)n1. The van der Waals surface area contributed by atoms with Crippen LogP contribution < -0.4 is 0 Å². The van der Waals surface area contributed by atoms with Crippen LogP contribution in [0, 0.1) is 0 Å². The Morgan fingerprint density at radius 1 is 1.38 bits per heavy atom. The van der Waals surface area contributed by atoms with Gasteiger partial charge in [0.15, 0.2) is 10.8 Å². The number of aryl methyl sites for hydroxylation is 1. The monoisotopic (exact) mass is 239 g/mol. The maximum absolute atomic E-state index is 5.14. The summed E-state index contributed by atoms with van der Waals surface area (Å²) in [7, 11) is 5.12. The maximum atomic E-state index is 5.14. The van der Waals surface area contributed by atoms with Gasteiger partial charge in [-0.1, -0.05) is 0 Å². The molecule has 16 heavy (non-hydrogen) atoms. The van der Waals surface area contributed by atoms with Crippen molar-refractivity contribution in [1.29, 1.82) is 0 Å². The Morgan fingerprint density at radius 2 is 2.12 bits per heavy atom. The molecule has 0 saturated heterocycles. The normalized spacial score (nSPS) is 11.2. The molecule has 0 atom stereocenters. The van der Waals surface area contributed by atoms with E-state index < -0.39 is 6.29 Å². The van der Waals surface area contributed by atoms with Crippen molar-refractivity contribution in [2.75, 3.05) is 14.2 Å². The molecule has 0 unspecified atom stereocenters. The number of hydrogen-bond acceptors (Lipinski definition) is 5. The van der Waals surface area contributed by atoms with Gasteiger partial charge in [0.2, 0.25) is 6.29 Å². The van der Waals surface area contributed by atoms with Gasteiger partial charge in [0, 0.05) is 39.0 Å². The van der Waals surface area contributed by atoms with Gasteiger partial charge in [0.25, 0.3) is 0 Å². The lowest BCUT2D eigenvalue weighted by Gasteiger charge is -2.09. The lowest BCUT2D eigenvalue weighted by atomic mass is 10.5. The fourth-order valence-electron chi connectivity index (χ4n) is 1.41. The topological polar surface area (TPSA) is 49.2 Å². The molecule has 2 aromatic heterocycles. The van der Waals surface area contributed by atoms with E-state index in [2.05, 4.69) is 9.97 Å². The minimum absolute atomic E-state index is 0.412. The molecule has 0 fully saturated rings. The van der Waals surface area contributed by atoms with Crippen molar-refractivity contribution in [3.05, 3.63) is 23.5 Å². The van der Waals surface area contributed by atoms with Crippen LogP contribution in [0.2, 0.25) is 0 Å². The zero-order chi connectivity index (χ0) is 11.5. The first-order valence-corrected chi connectivity index (χ1v) is 5.63. The quantitative estimate of drug-likeness (QED) is 0.764. The molecule has 2 rings (SSSR count). The molecule has 0 spiro atoms. The van der Waals surface area contributed by atoms with Crippen molar-refractivity contribution in [3.8, 4) is 10.8 Å². The molecule has 0 amide bonds. The van der Waals surface area contributed by atoms with Gasteiger partial charge in [0.1, 0.15) is 5.69 Å². The Hall–Kier alpha value is -1.24. The first-order chi connectivity index (χ1) is 7.76. The predicted molar refractivity (Wildman–Crippen MR) is 61.1 cm³/mol. The summed E-state index contributed by atoms with van der Waals surface area (Å²) in [5, 5.41) is 2.78. The minimum atomic E-state index is -0.412. The summed E-state index contributed by atoms with van der Waals surface area (Å²) in [5.41, 5.74) is 0.771. The third kappa shape index (κ3) is 1.99. The Morgan fingerprint density at radius 3 is 2.69 bits per heavy atom. The Labute approximate surface area is 97.7 Å². The van der Waals surface area contributed by atoms with Crippen molar-refractivity contribution >= 4 is 11.3 Å². The number of thiazole rings is 1. The van der Waals surface area contributed by atoms with E-state index in [1.807, 2.05) is 23.2 Å². The Balaban J connectivity index is 2.29. The van der Waals surface area contributed by atoms with Gasteiger partial charge in [-0.15, -0.1) is 11.3 Å². The highest BCUT2D eigenvalue weighted by Crippen LogP contribution is 2.26. The second kappa shape index (κ2) is 4.73. The zero-order valence-corrected chi connectivity index (χ0v) is 10.2. The number of ether oxygens (including phenoxy) is 2.